The molecule has 1 heterocycles. The average Bonchev–Trinajstić information content (AvgIpc) is 3.24. The summed E-state index contributed by atoms with van der Waals surface area (Å²) in [7, 11) is 0. The van der Waals surface area contributed by atoms with E-state index in [1.54, 1.807) is 5.57 Å². The van der Waals surface area contributed by atoms with Gasteiger partial charge in [0.1, 0.15) is 13.1 Å². The molecule has 4 aliphatic carbocycles. The molecule has 0 aromatic heterocycles. The number of rotatable bonds is 4. The fourth-order valence-electron chi connectivity index (χ4n) is 8.98. The molecule has 5 aliphatic rings. The Morgan fingerprint density at radius 3 is 2.54 bits per heavy atom. The summed E-state index contributed by atoms with van der Waals surface area (Å²) >= 11 is 0. The van der Waals surface area contributed by atoms with Crippen LogP contribution in [-0.2, 0) is 9.59 Å². The summed E-state index contributed by atoms with van der Waals surface area (Å²) in [6, 6.07) is 9.23. The van der Waals surface area contributed by atoms with Crippen molar-refractivity contribution in [2.24, 2.45) is 23.2 Å². The quantitative estimate of drug-likeness (QED) is 0.298. The molecule has 1 amide bonds. The van der Waals surface area contributed by atoms with Gasteiger partial charge in [0.25, 0.3) is 6.41 Å². The topological polar surface area (TPSA) is 46.2 Å². The van der Waals surface area contributed by atoms with Gasteiger partial charge < -0.3 is 0 Å². The molecule has 1 aromatic rings. The standard InChI is InChI=1S/C33H40N2O2/c1-3-7-25-11-17-31-29-15-10-24-20-27(37)14-16-28(24)32(29)30(21-33(25,31)2)23-8-12-26(13-9-23)35(34-22-36)18-5-4-6-19-35/h8-9,12-13,20,22,25,29-31H,4-6,10-11,14-19,21H2,1-2H3/p+1/t25-,29-,30+,31-,33+/m0/s1. The molecule has 4 nitrogen and oxygen atoms in total. The molecule has 194 valence electrons. The lowest BCUT2D eigenvalue weighted by Gasteiger charge is -2.52. The summed E-state index contributed by atoms with van der Waals surface area (Å²) in [4.78, 5) is 23.8. The smallest absolute Gasteiger partial charge is 0.253 e. The zero-order valence-electron chi connectivity index (χ0n) is 22.5. The summed E-state index contributed by atoms with van der Waals surface area (Å²) in [5, 5.41) is 0. The molecule has 6 rings (SSSR count). The first-order valence-corrected chi connectivity index (χ1v) is 14.6. The van der Waals surface area contributed by atoms with Crippen LogP contribution >= 0.6 is 0 Å². The van der Waals surface area contributed by atoms with Gasteiger partial charge in [-0.05, 0) is 105 Å². The maximum absolute atomic E-state index is 12.3. The first-order chi connectivity index (χ1) is 18.0. The Bertz CT molecular complexity index is 1210. The average molecular weight is 498 g/mol. The summed E-state index contributed by atoms with van der Waals surface area (Å²) < 4.78 is 0.563. The van der Waals surface area contributed by atoms with Crippen molar-refractivity contribution in [3.05, 3.63) is 52.6 Å². The predicted octanol–water partition coefficient (Wildman–Crippen LogP) is 6.38. The zero-order chi connectivity index (χ0) is 25.6. The lowest BCUT2D eigenvalue weighted by molar-refractivity contribution is -0.115. The number of hydrogen-bond donors (Lipinski definition) is 1. The Hall–Kier alpha value is -2.64. The summed E-state index contributed by atoms with van der Waals surface area (Å²) in [6.07, 6.45) is 13.8. The second-order valence-electron chi connectivity index (χ2n) is 12.4. The van der Waals surface area contributed by atoms with E-state index in [4.69, 9.17) is 0 Å². The van der Waals surface area contributed by atoms with Crippen LogP contribution in [0.4, 0.5) is 5.69 Å². The lowest BCUT2D eigenvalue weighted by atomic mass is 9.52. The molecular formula is C33H41N2O2+. The van der Waals surface area contributed by atoms with Crippen LogP contribution < -0.4 is 10.0 Å². The normalized spacial score (nSPS) is 34.3. The van der Waals surface area contributed by atoms with Crippen molar-refractivity contribution in [1.29, 1.82) is 0 Å². The highest BCUT2D eigenvalue weighted by Gasteiger charge is 2.56. The first-order valence-electron chi connectivity index (χ1n) is 14.6. The molecule has 0 bridgehead atoms. The number of carbonyl (C=O) groups is 2. The number of fused-ring (bicyclic) bond motifs is 4. The number of hydrogen-bond acceptors (Lipinski definition) is 2. The molecular weight excluding hydrogens is 456 g/mol. The maximum Gasteiger partial charge on any atom is 0.253 e. The number of quaternary nitrogens is 1. The van der Waals surface area contributed by atoms with Gasteiger partial charge in [0.05, 0.1) is 0 Å². The number of piperidine rings is 1. The summed E-state index contributed by atoms with van der Waals surface area (Å²) in [5.74, 6) is 9.32. The predicted molar refractivity (Wildman–Crippen MR) is 148 cm³/mol. The van der Waals surface area contributed by atoms with Gasteiger partial charge in [-0.25, -0.2) is 0 Å². The molecule has 1 N–H and O–H groups in total. The van der Waals surface area contributed by atoms with Crippen molar-refractivity contribution >= 4 is 17.9 Å². The van der Waals surface area contributed by atoms with Crippen molar-refractivity contribution in [3.8, 4) is 11.8 Å². The van der Waals surface area contributed by atoms with Gasteiger partial charge in [0, 0.05) is 30.4 Å². The van der Waals surface area contributed by atoms with E-state index < -0.39 is 0 Å². The minimum atomic E-state index is 0.229. The minimum absolute atomic E-state index is 0.229. The van der Waals surface area contributed by atoms with E-state index in [2.05, 4.69) is 48.5 Å². The molecule has 1 saturated heterocycles. The van der Waals surface area contributed by atoms with E-state index in [1.807, 2.05) is 13.0 Å². The van der Waals surface area contributed by atoms with Gasteiger partial charge in [-0.3, -0.25) is 9.59 Å². The number of carbonyl (C=O) groups excluding carboxylic acids is 2. The van der Waals surface area contributed by atoms with Crippen LogP contribution in [0.2, 0.25) is 0 Å². The van der Waals surface area contributed by atoms with Crippen molar-refractivity contribution in [2.45, 2.75) is 84.0 Å². The van der Waals surface area contributed by atoms with Gasteiger partial charge in [0.15, 0.2) is 11.5 Å². The van der Waals surface area contributed by atoms with Gasteiger partial charge >= 0.3 is 0 Å². The van der Waals surface area contributed by atoms with Gasteiger partial charge in [-0.1, -0.05) is 30.6 Å². The number of ketones is 1. The number of benzene rings is 1. The second-order valence-corrected chi connectivity index (χ2v) is 12.4. The molecule has 1 aromatic carbocycles. The second kappa shape index (κ2) is 9.59. The summed E-state index contributed by atoms with van der Waals surface area (Å²) in [6.45, 7) is 6.43. The van der Waals surface area contributed by atoms with Gasteiger partial charge in [0.2, 0.25) is 0 Å². The van der Waals surface area contributed by atoms with Crippen LogP contribution in [0, 0.1) is 35.0 Å². The number of allylic oxidation sites excluding steroid dienone is 4. The number of amides is 1. The van der Waals surface area contributed by atoms with Crippen LogP contribution in [0.25, 0.3) is 0 Å². The molecule has 0 unspecified atom stereocenters. The minimum Gasteiger partial charge on any atom is -0.295 e. The van der Waals surface area contributed by atoms with Gasteiger partial charge in [-0.15, -0.1) is 5.92 Å². The van der Waals surface area contributed by atoms with Crippen LogP contribution in [-0.4, -0.2) is 25.3 Å². The van der Waals surface area contributed by atoms with E-state index >= 15 is 0 Å². The van der Waals surface area contributed by atoms with Crippen LogP contribution in [0.1, 0.15) is 89.5 Å². The molecule has 0 radical (unpaired) electrons. The highest BCUT2D eigenvalue weighted by molar-refractivity contribution is 5.93. The van der Waals surface area contributed by atoms with E-state index in [-0.39, 0.29) is 5.41 Å². The Balaban J connectivity index is 1.43. The molecule has 37 heavy (non-hydrogen) atoms. The first kappa shape index (κ1) is 24.7. The molecule has 1 aliphatic heterocycles. The SMILES string of the molecule is CC#C[C@H]1CC[C@H]2[C@@H]3CCC4=CC(=O)CCC4=C3[C@@H](c3ccc([N+]4(NC=O)CCCCC4)cc3)C[C@]12C. The highest BCUT2D eigenvalue weighted by Crippen LogP contribution is 2.65. The maximum atomic E-state index is 12.3. The third-order valence-corrected chi connectivity index (χ3v) is 10.7. The van der Waals surface area contributed by atoms with Crippen molar-refractivity contribution in [3.63, 3.8) is 0 Å². The zero-order valence-corrected chi connectivity index (χ0v) is 22.5. The van der Waals surface area contributed by atoms with E-state index in [1.165, 1.54) is 48.1 Å². The van der Waals surface area contributed by atoms with Crippen molar-refractivity contribution in [1.82, 2.24) is 10.0 Å². The van der Waals surface area contributed by atoms with Crippen LogP contribution in [0.3, 0.4) is 0 Å². The Labute approximate surface area is 222 Å². The van der Waals surface area contributed by atoms with Crippen molar-refractivity contribution < 1.29 is 9.59 Å². The largest absolute Gasteiger partial charge is 0.295 e. The van der Waals surface area contributed by atoms with E-state index in [0.29, 0.717) is 40.5 Å². The highest BCUT2D eigenvalue weighted by atomic mass is 16.1. The third kappa shape index (κ3) is 4.02. The molecule has 2 saturated carbocycles. The molecule has 5 atom stereocenters. The fraction of sp³-hybridized carbons (Fsp3) is 0.576. The third-order valence-electron chi connectivity index (χ3n) is 10.7. The Morgan fingerprint density at radius 2 is 1.81 bits per heavy atom. The molecule has 3 fully saturated rings. The lowest BCUT2D eigenvalue weighted by Crippen LogP contribution is -2.61. The van der Waals surface area contributed by atoms with Crippen molar-refractivity contribution in [2.75, 3.05) is 13.1 Å². The van der Waals surface area contributed by atoms with E-state index in [9.17, 15) is 9.59 Å². The monoisotopic (exact) mass is 497 g/mol. The Morgan fingerprint density at radius 1 is 1.03 bits per heavy atom. The summed E-state index contributed by atoms with van der Waals surface area (Å²) in [5.41, 5.74) is 10.4. The number of nitrogens with zero attached hydrogens (tertiary/aromatic N) is 1. The molecule has 0 spiro atoms. The van der Waals surface area contributed by atoms with Crippen LogP contribution in [0.5, 0.6) is 0 Å². The molecule has 4 heteroatoms. The van der Waals surface area contributed by atoms with E-state index in [0.717, 1.165) is 51.6 Å². The Kier molecular flexibility index (Phi) is 6.40. The van der Waals surface area contributed by atoms with Gasteiger partial charge in [-0.2, -0.15) is 10.0 Å². The fourth-order valence-corrected chi connectivity index (χ4v) is 8.98. The van der Waals surface area contributed by atoms with Crippen LogP contribution in [0.15, 0.2) is 47.1 Å². The number of nitrogens with one attached hydrogen (secondary N) is 1.